The Bertz CT molecular complexity index is 1100. The fourth-order valence-corrected chi connectivity index (χ4v) is 10.7. The van der Waals surface area contributed by atoms with Crippen LogP contribution in [0.25, 0.3) is 0 Å². The lowest BCUT2D eigenvalue weighted by Gasteiger charge is -2.20. The number of hydrogen-bond acceptors (Lipinski definition) is 5. The molecule has 0 saturated heterocycles. The first-order valence-corrected chi connectivity index (χ1v) is 33.5. The van der Waals surface area contributed by atoms with Crippen LogP contribution in [0, 0.1) is 0 Å². The molecule has 0 fully saturated rings. The molecule has 0 heterocycles. The summed E-state index contributed by atoms with van der Waals surface area (Å²) in [6.07, 6.45) is 77.0. The highest BCUT2D eigenvalue weighted by atomic mass is 16.5. The van der Waals surface area contributed by atoms with Gasteiger partial charge in [0.1, 0.15) is 0 Å². The molecule has 434 valence electrons. The predicted octanol–water partition coefficient (Wildman–Crippen LogP) is 21.2. The van der Waals surface area contributed by atoms with Gasteiger partial charge < -0.3 is 20.3 Å². The molecule has 0 aromatic rings. The minimum absolute atomic E-state index is 0.0177. The fourth-order valence-electron chi connectivity index (χ4n) is 10.7. The maximum absolute atomic E-state index is 12.5. The van der Waals surface area contributed by atoms with Gasteiger partial charge in [0, 0.05) is 12.8 Å². The summed E-state index contributed by atoms with van der Waals surface area (Å²) >= 11 is 0. The lowest BCUT2D eigenvalue weighted by molar-refractivity contribution is -0.143. The first kappa shape index (κ1) is 71.6. The Hall–Kier alpha value is -1.40. The van der Waals surface area contributed by atoms with Crippen LogP contribution in [0.5, 0.6) is 0 Å². The molecule has 73 heavy (non-hydrogen) atoms. The van der Waals surface area contributed by atoms with E-state index in [1.54, 1.807) is 6.08 Å². The second-order valence-electron chi connectivity index (χ2n) is 23.2. The zero-order valence-electron chi connectivity index (χ0n) is 49.6. The summed E-state index contributed by atoms with van der Waals surface area (Å²) in [5, 5.41) is 23.2. The summed E-state index contributed by atoms with van der Waals surface area (Å²) in [6, 6.07) is -0.627. The molecule has 0 radical (unpaired) electrons. The van der Waals surface area contributed by atoms with E-state index in [1.165, 1.54) is 315 Å². The van der Waals surface area contributed by atoms with Gasteiger partial charge in [-0.2, -0.15) is 0 Å². The van der Waals surface area contributed by atoms with Gasteiger partial charge in [0.15, 0.2) is 0 Å². The Morgan fingerprint density at radius 3 is 0.932 bits per heavy atom. The summed E-state index contributed by atoms with van der Waals surface area (Å²) in [7, 11) is 0. The number of aliphatic hydroxyl groups excluding tert-OH is 2. The molecule has 0 bridgehead atoms. The number of hydrogen-bond donors (Lipinski definition) is 3. The molecule has 0 saturated carbocycles. The quantitative estimate of drug-likeness (QED) is 0.0320. The van der Waals surface area contributed by atoms with E-state index in [2.05, 4.69) is 19.2 Å². The third kappa shape index (κ3) is 59.7. The number of ether oxygens (including phenoxy) is 1. The first-order chi connectivity index (χ1) is 36.0. The first-order valence-electron chi connectivity index (χ1n) is 33.5. The van der Waals surface area contributed by atoms with Crippen LogP contribution in [0.4, 0.5) is 0 Å². The molecule has 2 unspecified atom stereocenters. The van der Waals surface area contributed by atoms with Gasteiger partial charge in [-0.15, -0.1) is 0 Å². The number of carbonyl (C=O) groups excluding carboxylic acids is 2. The number of allylic oxidation sites excluding steroid dienone is 1. The van der Waals surface area contributed by atoms with Crippen LogP contribution in [0.3, 0.4) is 0 Å². The van der Waals surface area contributed by atoms with Crippen LogP contribution in [0.15, 0.2) is 12.2 Å². The smallest absolute Gasteiger partial charge is 0.305 e. The van der Waals surface area contributed by atoms with Crippen LogP contribution in [0.2, 0.25) is 0 Å². The molecule has 6 heteroatoms. The Morgan fingerprint density at radius 1 is 0.370 bits per heavy atom. The largest absolute Gasteiger partial charge is 0.466 e. The summed E-state index contributed by atoms with van der Waals surface area (Å²) in [6.45, 7) is 4.94. The van der Waals surface area contributed by atoms with E-state index in [0.29, 0.717) is 19.4 Å². The number of unbranched alkanes of at least 4 members (excludes halogenated alkanes) is 52. The molecule has 2 atom stereocenters. The number of aliphatic hydroxyl groups is 2. The molecule has 0 aromatic heterocycles. The van der Waals surface area contributed by atoms with Gasteiger partial charge in [0.2, 0.25) is 5.91 Å². The summed E-state index contributed by atoms with van der Waals surface area (Å²) in [5.74, 6) is -0.0461. The SMILES string of the molecule is CCCCCCCCCCCCCCCCCC/C=C/C(O)C(CO)NC(=O)CCCCCCCCCCCCCCCCCCCCCCCCCOC(=O)CCCCCCCCCCCCCCCCC. The van der Waals surface area contributed by atoms with Crippen molar-refractivity contribution in [2.45, 2.75) is 392 Å². The third-order valence-corrected chi connectivity index (χ3v) is 15.8. The Balaban J connectivity index is 3.38. The molecular weight excluding hydrogens is 899 g/mol. The molecule has 0 aliphatic heterocycles. The van der Waals surface area contributed by atoms with Gasteiger partial charge in [-0.25, -0.2) is 0 Å². The van der Waals surface area contributed by atoms with Crippen molar-refractivity contribution in [3.8, 4) is 0 Å². The maximum Gasteiger partial charge on any atom is 0.305 e. The molecule has 0 aliphatic rings. The van der Waals surface area contributed by atoms with E-state index >= 15 is 0 Å². The van der Waals surface area contributed by atoms with Crippen molar-refractivity contribution in [1.82, 2.24) is 5.32 Å². The second-order valence-corrected chi connectivity index (χ2v) is 23.2. The fraction of sp³-hybridized carbons (Fsp3) is 0.940. The summed E-state index contributed by atoms with van der Waals surface area (Å²) in [4.78, 5) is 24.6. The van der Waals surface area contributed by atoms with Gasteiger partial charge in [-0.05, 0) is 32.1 Å². The van der Waals surface area contributed by atoms with Crippen molar-refractivity contribution in [2.24, 2.45) is 0 Å². The monoisotopic (exact) mass is 1030 g/mol. The van der Waals surface area contributed by atoms with Crippen molar-refractivity contribution in [1.29, 1.82) is 0 Å². The average Bonchev–Trinajstić information content (AvgIpc) is 3.39. The molecular formula is C67H131NO5. The number of rotatable bonds is 63. The van der Waals surface area contributed by atoms with Gasteiger partial charge in [0.25, 0.3) is 0 Å². The van der Waals surface area contributed by atoms with E-state index in [9.17, 15) is 19.8 Å². The molecule has 0 rings (SSSR count). The minimum Gasteiger partial charge on any atom is -0.466 e. The number of nitrogens with one attached hydrogen (secondary N) is 1. The van der Waals surface area contributed by atoms with Crippen molar-refractivity contribution < 1.29 is 24.5 Å². The molecule has 6 nitrogen and oxygen atoms in total. The van der Waals surface area contributed by atoms with Crippen LogP contribution < -0.4 is 5.32 Å². The van der Waals surface area contributed by atoms with Crippen LogP contribution in [-0.4, -0.2) is 47.4 Å². The molecule has 0 aromatic carbocycles. The second kappa shape index (κ2) is 63.1. The summed E-state index contributed by atoms with van der Waals surface area (Å²) < 4.78 is 5.50. The zero-order valence-corrected chi connectivity index (χ0v) is 49.6. The topological polar surface area (TPSA) is 95.9 Å². The van der Waals surface area contributed by atoms with E-state index in [0.717, 1.165) is 38.5 Å². The van der Waals surface area contributed by atoms with Crippen molar-refractivity contribution in [2.75, 3.05) is 13.2 Å². The number of amides is 1. The van der Waals surface area contributed by atoms with Crippen molar-refractivity contribution >= 4 is 11.9 Å². The maximum atomic E-state index is 12.5. The average molecular weight is 1030 g/mol. The van der Waals surface area contributed by atoms with Crippen LogP contribution in [-0.2, 0) is 14.3 Å². The Morgan fingerprint density at radius 2 is 0.630 bits per heavy atom. The molecule has 0 aliphatic carbocycles. The lowest BCUT2D eigenvalue weighted by Crippen LogP contribution is -2.45. The van der Waals surface area contributed by atoms with Gasteiger partial charge >= 0.3 is 5.97 Å². The normalized spacial score (nSPS) is 12.5. The van der Waals surface area contributed by atoms with Gasteiger partial charge in [0.05, 0.1) is 25.4 Å². The standard InChI is InChI=1S/C67H131NO5/c1-3-5-7-9-11-13-15-17-19-20-28-32-35-39-43-47-51-55-59-65(70)64(63-69)68-66(71)60-56-52-48-44-40-36-33-29-26-24-22-21-23-25-27-30-34-38-42-46-50-54-58-62-73-67(72)61-57-53-49-45-41-37-31-18-16-14-12-10-8-6-4-2/h55,59,64-65,69-70H,3-54,56-58,60-63H2,1-2H3,(H,68,71)/b59-55+. The number of carbonyl (C=O) groups is 2. The zero-order chi connectivity index (χ0) is 52.9. The van der Waals surface area contributed by atoms with E-state index < -0.39 is 12.1 Å². The molecule has 3 N–H and O–H groups in total. The highest BCUT2D eigenvalue weighted by molar-refractivity contribution is 5.76. The van der Waals surface area contributed by atoms with Crippen molar-refractivity contribution in [3.05, 3.63) is 12.2 Å². The van der Waals surface area contributed by atoms with Crippen LogP contribution >= 0.6 is 0 Å². The molecule has 0 spiro atoms. The van der Waals surface area contributed by atoms with E-state index in [1.807, 2.05) is 6.08 Å². The predicted molar refractivity (Wildman–Crippen MR) is 320 cm³/mol. The third-order valence-electron chi connectivity index (χ3n) is 15.8. The van der Waals surface area contributed by atoms with E-state index in [-0.39, 0.29) is 18.5 Å². The number of esters is 1. The van der Waals surface area contributed by atoms with Gasteiger partial charge in [-0.1, -0.05) is 347 Å². The minimum atomic E-state index is -0.844. The van der Waals surface area contributed by atoms with Crippen molar-refractivity contribution in [3.63, 3.8) is 0 Å². The van der Waals surface area contributed by atoms with E-state index in [4.69, 9.17) is 4.74 Å². The highest BCUT2D eigenvalue weighted by Gasteiger charge is 2.18. The lowest BCUT2D eigenvalue weighted by atomic mass is 10.0. The van der Waals surface area contributed by atoms with Crippen LogP contribution in [0.1, 0.15) is 380 Å². The van der Waals surface area contributed by atoms with Gasteiger partial charge in [-0.3, -0.25) is 9.59 Å². The molecule has 1 amide bonds. The Kier molecular flexibility index (Phi) is 61.9. The highest BCUT2D eigenvalue weighted by Crippen LogP contribution is 2.19. The Labute approximate surface area is 457 Å². The summed E-state index contributed by atoms with van der Waals surface area (Å²) in [5.41, 5.74) is 0.